The Labute approximate surface area is 170 Å². The molecule has 0 unspecified atom stereocenters. The average molecular weight is 423 g/mol. The van der Waals surface area contributed by atoms with Crippen molar-refractivity contribution >= 4 is 28.5 Å². The fourth-order valence-corrected chi connectivity index (χ4v) is 6.41. The van der Waals surface area contributed by atoms with Crippen molar-refractivity contribution in [2.75, 3.05) is 39.8 Å². The molecule has 0 aromatic rings. The number of carbonyl (C=O) groups excluding carboxylic acids is 1. The maximum atomic E-state index is 12.9. The van der Waals surface area contributed by atoms with Gasteiger partial charge in [0, 0.05) is 45.2 Å². The molecule has 158 valence electrons. The number of amides is 1. The van der Waals surface area contributed by atoms with Crippen molar-refractivity contribution in [1.29, 1.82) is 0 Å². The highest BCUT2D eigenvalue weighted by Crippen LogP contribution is 2.33. The summed E-state index contributed by atoms with van der Waals surface area (Å²) in [5.41, 5.74) is 5.81. The van der Waals surface area contributed by atoms with Gasteiger partial charge in [0.1, 0.15) is 0 Å². The van der Waals surface area contributed by atoms with Crippen LogP contribution in [0.15, 0.2) is 0 Å². The Morgan fingerprint density at radius 1 is 1.00 bits per heavy atom. The normalized spacial score (nSPS) is 28.3. The molecular formula is C18H35ClN4O3S. The molecule has 0 spiro atoms. The minimum atomic E-state index is -3.44. The summed E-state index contributed by atoms with van der Waals surface area (Å²) in [7, 11) is -1.72. The van der Waals surface area contributed by atoms with E-state index in [9.17, 15) is 13.2 Å². The van der Waals surface area contributed by atoms with E-state index in [4.69, 9.17) is 5.73 Å². The number of hydrogen-bond donors (Lipinski definition) is 1. The van der Waals surface area contributed by atoms with Crippen molar-refractivity contribution in [2.24, 2.45) is 17.6 Å². The highest BCUT2D eigenvalue weighted by atomic mass is 35.5. The molecule has 9 heteroatoms. The van der Waals surface area contributed by atoms with Crippen LogP contribution in [0.2, 0.25) is 0 Å². The van der Waals surface area contributed by atoms with Gasteiger partial charge >= 0.3 is 0 Å². The van der Waals surface area contributed by atoms with E-state index < -0.39 is 10.2 Å². The van der Waals surface area contributed by atoms with Crippen LogP contribution in [0.5, 0.6) is 0 Å². The minimum absolute atomic E-state index is 0. The Kier molecular flexibility index (Phi) is 8.36. The number of halogens is 1. The molecule has 2 N–H and O–H groups in total. The standard InChI is InChI=1S/C18H34N4O3S.ClH/c1-20(16-7-3-2-4-8-16)26(24,25)22-12-10-21(11-13-22)18(23)17-9-5-6-15(17)14-19;/h15-17H,2-14,19H2,1H3;1H/t15-,17-;/m1./s1. The van der Waals surface area contributed by atoms with Crippen LogP contribution in [0.1, 0.15) is 51.4 Å². The van der Waals surface area contributed by atoms with Gasteiger partial charge in [0.2, 0.25) is 5.91 Å². The predicted molar refractivity (Wildman–Crippen MR) is 109 cm³/mol. The second-order valence-electron chi connectivity index (χ2n) is 8.07. The van der Waals surface area contributed by atoms with Gasteiger partial charge in [0.05, 0.1) is 0 Å². The monoisotopic (exact) mass is 422 g/mol. The molecule has 0 bridgehead atoms. The lowest BCUT2D eigenvalue weighted by atomic mass is 9.94. The van der Waals surface area contributed by atoms with Crippen LogP contribution in [0.4, 0.5) is 0 Å². The average Bonchev–Trinajstić information content (AvgIpc) is 3.16. The van der Waals surface area contributed by atoms with Crippen molar-refractivity contribution < 1.29 is 13.2 Å². The molecule has 27 heavy (non-hydrogen) atoms. The van der Waals surface area contributed by atoms with Crippen molar-refractivity contribution in [3.05, 3.63) is 0 Å². The SMILES string of the molecule is CN(C1CCCCC1)S(=O)(=O)N1CCN(C(=O)[C@@H]2CCC[C@@H]2CN)CC1.Cl. The zero-order valence-electron chi connectivity index (χ0n) is 16.4. The number of hydrogen-bond acceptors (Lipinski definition) is 4. The second-order valence-corrected chi connectivity index (χ2v) is 10.1. The lowest BCUT2D eigenvalue weighted by Gasteiger charge is -2.39. The maximum absolute atomic E-state index is 12.9. The van der Waals surface area contributed by atoms with Crippen LogP contribution in [0, 0.1) is 11.8 Å². The lowest BCUT2D eigenvalue weighted by Crippen LogP contribution is -2.56. The molecule has 7 nitrogen and oxygen atoms in total. The first-order valence-electron chi connectivity index (χ1n) is 10.2. The van der Waals surface area contributed by atoms with Gasteiger partial charge < -0.3 is 10.6 Å². The van der Waals surface area contributed by atoms with Crippen molar-refractivity contribution in [2.45, 2.75) is 57.4 Å². The first kappa shape index (κ1) is 22.9. The van der Waals surface area contributed by atoms with Gasteiger partial charge in [-0.05, 0) is 38.1 Å². The Morgan fingerprint density at radius 2 is 1.63 bits per heavy atom. The molecule has 3 aliphatic rings. The van der Waals surface area contributed by atoms with Crippen molar-refractivity contribution in [3.8, 4) is 0 Å². The van der Waals surface area contributed by atoms with E-state index in [1.165, 1.54) is 6.42 Å². The summed E-state index contributed by atoms with van der Waals surface area (Å²) >= 11 is 0. The molecule has 3 fully saturated rings. The number of rotatable bonds is 5. The first-order chi connectivity index (χ1) is 12.4. The molecule has 1 heterocycles. The topological polar surface area (TPSA) is 87.0 Å². The van der Waals surface area contributed by atoms with Gasteiger partial charge in [0.15, 0.2) is 0 Å². The third-order valence-corrected chi connectivity index (χ3v) is 8.65. The molecule has 2 atom stereocenters. The number of nitrogens with two attached hydrogens (primary N) is 1. The first-order valence-corrected chi connectivity index (χ1v) is 11.6. The third kappa shape index (κ3) is 4.96. The van der Waals surface area contributed by atoms with Crippen molar-refractivity contribution in [3.63, 3.8) is 0 Å². The number of nitrogens with zero attached hydrogens (tertiary/aromatic N) is 3. The largest absolute Gasteiger partial charge is 0.340 e. The Morgan fingerprint density at radius 3 is 2.22 bits per heavy atom. The summed E-state index contributed by atoms with van der Waals surface area (Å²) in [6.45, 7) is 2.34. The Hall–Kier alpha value is -0.410. The van der Waals surface area contributed by atoms with Gasteiger partial charge in [0.25, 0.3) is 10.2 Å². The van der Waals surface area contributed by atoms with E-state index in [1.54, 1.807) is 15.7 Å². The maximum Gasteiger partial charge on any atom is 0.282 e. The van der Waals surface area contributed by atoms with E-state index in [2.05, 4.69) is 0 Å². The van der Waals surface area contributed by atoms with Crippen LogP contribution in [0.25, 0.3) is 0 Å². The summed E-state index contributed by atoms with van der Waals surface area (Å²) in [4.78, 5) is 14.7. The molecule has 0 radical (unpaired) electrons. The molecule has 0 aromatic carbocycles. The summed E-state index contributed by atoms with van der Waals surface area (Å²) in [5, 5.41) is 0. The molecule has 1 aliphatic heterocycles. The fourth-order valence-electron chi connectivity index (χ4n) is 4.83. The fraction of sp³-hybridized carbons (Fsp3) is 0.944. The van der Waals surface area contributed by atoms with Crippen LogP contribution in [0.3, 0.4) is 0 Å². The van der Waals surface area contributed by atoms with E-state index in [1.807, 2.05) is 4.90 Å². The molecule has 3 rings (SSSR count). The quantitative estimate of drug-likeness (QED) is 0.726. The zero-order valence-corrected chi connectivity index (χ0v) is 18.0. The van der Waals surface area contributed by atoms with Gasteiger partial charge in [-0.15, -0.1) is 12.4 Å². The predicted octanol–water partition coefficient (Wildman–Crippen LogP) is 1.44. The zero-order chi connectivity index (χ0) is 18.7. The van der Waals surface area contributed by atoms with Gasteiger partial charge in [-0.3, -0.25) is 4.79 Å². The van der Waals surface area contributed by atoms with Crippen molar-refractivity contribution in [1.82, 2.24) is 13.5 Å². The van der Waals surface area contributed by atoms with E-state index in [0.29, 0.717) is 38.6 Å². The minimum Gasteiger partial charge on any atom is -0.340 e. The summed E-state index contributed by atoms with van der Waals surface area (Å²) in [6.07, 6.45) is 8.35. The molecule has 1 saturated heterocycles. The van der Waals surface area contributed by atoms with Gasteiger partial charge in [-0.1, -0.05) is 25.7 Å². The molecule has 1 amide bonds. The molecule has 0 aromatic heterocycles. The number of piperazine rings is 1. The second kappa shape index (κ2) is 9.87. The molecule has 2 aliphatic carbocycles. The third-order valence-electron chi connectivity index (χ3n) is 6.61. The van der Waals surface area contributed by atoms with Gasteiger partial charge in [-0.25, -0.2) is 0 Å². The molecular weight excluding hydrogens is 388 g/mol. The Bertz CT molecular complexity index is 589. The lowest BCUT2D eigenvalue weighted by molar-refractivity contribution is -0.137. The van der Waals surface area contributed by atoms with Gasteiger partial charge in [-0.2, -0.15) is 17.0 Å². The van der Waals surface area contributed by atoms with Crippen LogP contribution in [-0.4, -0.2) is 73.6 Å². The highest BCUT2D eigenvalue weighted by molar-refractivity contribution is 7.86. The van der Waals surface area contributed by atoms with E-state index in [-0.39, 0.29) is 30.3 Å². The van der Waals surface area contributed by atoms with Crippen LogP contribution < -0.4 is 5.73 Å². The van der Waals surface area contributed by atoms with E-state index in [0.717, 1.165) is 44.9 Å². The summed E-state index contributed by atoms with van der Waals surface area (Å²) in [5.74, 6) is 0.505. The summed E-state index contributed by atoms with van der Waals surface area (Å²) < 4.78 is 29.0. The Balaban J connectivity index is 0.00000261. The van der Waals surface area contributed by atoms with E-state index >= 15 is 0 Å². The summed E-state index contributed by atoms with van der Waals surface area (Å²) in [6, 6.07) is 0.122. The van der Waals surface area contributed by atoms with Crippen LogP contribution in [-0.2, 0) is 15.0 Å². The molecule has 2 saturated carbocycles. The smallest absolute Gasteiger partial charge is 0.282 e. The number of carbonyl (C=O) groups is 1. The highest BCUT2D eigenvalue weighted by Gasteiger charge is 2.38. The van der Waals surface area contributed by atoms with Crippen LogP contribution >= 0.6 is 12.4 Å².